The summed E-state index contributed by atoms with van der Waals surface area (Å²) in [6.45, 7) is 10.0. The van der Waals surface area contributed by atoms with Gasteiger partial charge in [-0.1, -0.05) is 115 Å². The third-order valence-electron chi connectivity index (χ3n) is 3.85. The minimum atomic E-state index is 0.696. The zero-order valence-electron chi connectivity index (χ0n) is 16.6. The number of allylic oxidation sites excluding steroid dienone is 5. The lowest BCUT2D eigenvalue weighted by Gasteiger charge is -2.11. The molecule has 0 fully saturated rings. The third-order valence-corrected chi connectivity index (χ3v) is 4.28. The Morgan fingerprint density at radius 3 is 2.00 bits per heavy atom. The van der Waals surface area contributed by atoms with Crippen molar-refractivity contribution in [2.75, 3.05) is 0 Å². The number of rotatable bonds is 5. The fraction of sp³-hybridized carbons (Fsp3) is 0.120. The van der Waals surface area contributed by atoms with E-state index in [1.807, 2.05) is 93.6 Å². The van der Waals surface area contributed by atoms with Crippen molar-refractivity contribution in [1.82, 2.24) is 9.97 Å². The molecular formula is C25H25BrN2. The van der Waals surface area contributed by atoms with Crippen LogP contribution >= 0.6 is 15.9 Å². The molecule has 0 radical (unpaired) electrons. The van der Waals surface area contributed by atoms with E-state index >= 15 is 0 Å². The molecular weight excluding hydrogens is 408 g/mol. The lowest BCUT2D eigenvalue weighted by Crippen LogP contribution is -1.98. The number of hydrogen-bond donors (Lipinski definition) is 0. The summed E-state index contributed by atoms with van der Waals surface area (Å²) in [7, 11) is 0. The summed E-state index contributed by atoms with van der Waals surface area (Å²) in [5, 5.41) is 0. The molecule has 0 aliphatic heterocycles. The number of nitrogens with zero attached hydrogens (tertiary/aromatic N) is 2. The first-order valence-corrected chi connectivity index (χ1v) is 10.2. The van der Waals surface area contributed by atoms with Crippen LogP contribution in [0.15, 0.2) is 96.0 Å². The van der Waals surface area contributed by atoms with Crippen LogP contribution in [0.2, 0.25) is 0 Å². The number of aromatic nitrogens is 2. The molecule has 0 N–H and O–H groups in total. The normalized spacial score (nSPS) is 11.1. The van der Waals surface area contributed by atoms with Crippen LogP contribution in [0.5, 0.6) is 0 Å². The van der Waals surface area contributed by atoms with Crippen molar-refractivity contribution in [3.8, 4) is 22.6 Å². The van der Waals surface area contributed by atoms with Crippen molar-refractivity contribution in [2.45, 2.75) is 20.8 Å². The Balaban J connectivity index is 0.00000136. The molecule has 0 aliphatic carbocycles. The zero-order valence-corrected chi connectivity index (χ0v) is 18.1. The largest absolute Gasteiger partial charge is 0.228 e. The summed E-state index contributed by atoms with van der Waals surface area (Å²) in [5.41, 5.74) is 4.68. The van der Waals surface area contributed by atoms with Crippen LogP contribution in [0.1, 0.15) is 26.5 Å². The second-order valence-electron chi connectivity index (χ2n) is 5.71. The molecule has 28 heavy (non-hydrogen) atoms. The predicted molar refractivity (Wildman–Crippen MR) is 125 cm³/mol. The summed E-state index contributed by atoms with van der Waals surface area (Å²) < 4.78 is 0.785. The van der Waals surface area contributed by atoms with Crippen molar-refractivity contribution in [1.29, 1.82) is 0 Å². The molecule has 0 saturated carbocycles. The second-order valence-corrected chi connectivity index (χ2v) is 6.66. The van der Waals surface area contributed by atoms with Crippen LogP contribution in [-0.4, -0.2) is 9.97 Å². The molecule has 2 aromatic carbocycles. The maximum Gasteiger partial charge on any atom is 0.160 e. The van der Waals surface area contributed by atoms with Crippen molar-refractivity contribution in [3.05, 3.63) is 102 Å². The van der Waals surface area contributed by atoms with Gasteiger partial charge in [0.1, 0.15) is 0 Å². The Morgan fingerprint density at radius 2 is 1.46 bits per heavy atom. The highest BCUT2D eigenvalue weighted by Gasteiger charge is 2.12. The zero-order chi connectivity index (χ0) is 20.4. The first kappa shape index (κ1) is 21.5. The van der Waals surface area contributed by atoms with Crippen LogP contribution in [0.25, 0.3) is 28.2 Å². The van der Waals surface area contributed by atoms with Gasteiger partial charge in [0, 0.05) is 21.2 Å². The first-order valence-electron chi connectivity index (χ1n) is 9.37. The Morgan fingerprint density at radius 1 is 0.893 bits per heavy atom. The molecule has 3 rings (SSSR count). The van der Waals surface area contributed by atoms with Gasteiger partial charge in [0.2, 0.25) is 0 Å². The van der Waals surface area contributed by atoms with Gasteiger partial charge in [-0.3, -0.25) is 0 Å². The van der Waals surface area contributed by atoms with E-state index in [9.17, 15) is 0 Å². The molecule has 2 nitrogen and oxygen atoms in total. The van der Waals surface area contributed by atoms with E-state index in [2.05, 4.69) is 34.6 Å². The quantitative estimate of drug-likeness (QED) is 0.385. The molecule has 3 heteroatoms. The van der Waals surface area contributed by atoms with E-state index in [1.165, 1.54) is 0 Å². The Kier molecular flexibility index (Phi) is 8.57. The van der Waals surface area contributed by atoms with E-state index in [0.717, 1.165) is 32.6 Å². The van der Waals surface area contributed by atoms with Gasteiger partial charge >= 0.3 is 0 Å². The van der Waals surface area contributed by atoms with E-state index < -0.39 is 0 Å². The molecule has 1 aromatic heterocycles. The Labute approximate surface area is 176 Å². The highest BCUT2D eigenvalue weighted by molar-refractivity contribution is 9.12. The fourth-order valence-corrected chi connectivity index (χ4v) is 2.90. The van der Waals surface area contributed by atoms with E-state index in [4.69, 9.17) is 9.97 Å². The van der Waals surface area contributed by atoms with Crippen LogP contribution in [0.3, 0.4) is 0 Å². The first-order chi connectivity index (χ1) is 13.7. The van der Waals surface area contributed by atoms with Gasteiger partial charge in [0.05, 0.1) is 11.4 Å². The molecule has 0 spiro atoms. The molecule has 0 amide bonds. The maximum atomic E-state index is 4.80. The van der Waals surface area contributed by atoms with E-state index in [1.54, 1.807) is 0 Å². The highest BCUT2D eigenvalue weighted by atomic mass is 79.9. The number of hydrogen-bond acceptors (Lipinski definition) is 2. The smallest absolute Gasteiger partial charge is 0.160 e. The summed E-state index contributed by atoms with van der Waals surface area (Å²) in [6.07, 6.45) is 5.96. The van der Waals surface area contributed by atoms with Gasteiger partial charge in [-0.25, -0.2) is 9.97 Å². The molecule has 0 unspecified atom stereocenters. The summed E-state index contributed by atoms with van der Waals surface area (Å²) in [5.74, 6) is 0.696. The molecule has 142 valence electrons. The van der Waals surface area contributed by atoms with Crippen LogP contribution < -0.4 is 0 Å². The monoisotopic (exact) mass is 432 g/mol. The van der Waals surface area contributed by atoms with Gasteiger partial charge in [0.15, 0.2) is 5.82 Å². The minimum absolute atomic E-state index is 0.696. The van der Waals surface area contributed by atoms with Gasteiger partial charge < -0.3 is 0 Å². The fourth-order valence-electron chi connectivity index (χ4n) is 2.57. The number of halogens is 1. The minimum Gasteiger partial charge on any atom is -0.228 e. The standard InChI is InChI=1S/C23H19BrN2.C2H6/c1-3-4-15-20(17(2)24)22-16-21(18-11-7-5-8-12-18)25-23(26-22)19-13-9-6-10-14-19;1-2/h3-16H,2H2,1H3;1-2H3/b4-3-,20-15+;. The number of benzene rings is 2. The van der Waals surface area contributed by atoms with Crippen LogP contribution in [0.4, 0.5) is 0 Å². The lowest BCUT2D eigenvalue weighted by atomic mass is 10.1. The lowest BCUT2D eigenvalue weighted by molar-refractivity contribution is 1.16. The van der Waals surface area contributed by atoms with Gasteiger partial charge in [-0.15, -0.1) is 0 Å². The predicted octanol–water partition coefficient (Wildman–Crippen LogP) is 7.70. The third kappa shape index (κ3) is 5.61. The highest BCUT2D eigenvalue weighted by Crippen LogP contribution is 2.30. The average molecular weight is 433 g/mol. The van der Waals surface area contributed by atoms with Crippen molar-refractivity contribution in [2.24, 2.45) is 0 Å². The van der Waals surface area contributed by atoms with Crippen LogP contribution in [0, 0.1) is 0 Å². The molecule has 3 aromatic rings. The van der Waals surface area contributed by atoms with Gasteiger partial charge in [0.25, 0.3) is 0 Å². The summed E-state index contributed by atoms with van der Waals surface area (Å²) in [4.78, 5) is 9.59. The second kappa shape index (κ2) is 11.2. The maximum absolute atomic E-state index is 4.80. The molecule has 0 atom stereocenters. The van der Waals surface area contributed by atoms with E-state index in [0.29, 0.717) is 5.82 Å². The van der Waals surface area contributed by atoms with Gasteiger partial charge in [-0.2, -0.15) is 0 Å². The summed E-state index contributed by atoms with van der Waals surface area (Å²) in [6, 6.07) is 22.2. The molecule has 0 saturated heterocycles. The van der Waals surface area contributed by atoms with E-state index in [-0.39, 0.29) is 0 Å². The molecule has 1 heterocycles. The van der Waals surface area contributed by atoms with Crippen molar-refractivity contribution in [3.63, 3.8) is 0 Å². The van der Waals surface area contributed by atoms with Crippen molar-refractivity contribution >= 4 is 21.5 Å². The Bertz CT molecular complexity index is 901. The molecule has 0 aliphatic rings. The Hall–Kier alpha value is -2.78. The van der Waals surface area contributed by atoms with Crippen molar-refractivity contribution < 1.29 is 0 Å². The summed E-state index contributed by atoms with van der Waals surface area (Å²) >= 11 is 3.51. The average Bonchev–Trinajstić information content (AvgIpc) is 2.76. The van der Waals surface area contributed by atoms with Crippen LogP contribution in [-0.2, 0) is 0 Å². The SMILES string of the molecule is C=C(Br)/C(=C\C=C/C)c1cc(-c2ccccc2)nc(-c2ccccc2)n1.CC. The van der Waals surface area contributed by atoms with Gasteiger partial charge in [-0.05, 0) is 13.0 Å². The topological polar surface area (TPSA) is 25.8 Å². The molecule has 0 bridgehead atoms.